The Labute approximate surface area is 121 Å². The largest absolute Gasteiger partial charge is 0.348 e. The van der Waals surface area contributed by atoms with Gasteiger partial charge in [-0.1, -0.05) is 0 Å². The number of carbonyl (C=O) groups is 1. The summed E-state index contributed by atoms with van der Waals surface area (Å²) in [7, 11) is 0. The number of halogens is 2. The molecule has 2 saturated heterocycles. The van der Waals surface area contributed by atoms with Crippen LogP contribution in [0, 0.1) is 11.6 Å². The fraction of sp³-hybridized carbons (Fsp3) is 0.533. The van der Waals surface area contributed by atoms with E-state index in [9.17, 15) is 13.6 Å². The molecule has 0 spiro atoms. The molecule has 0 bridgehead atoms. The predicted octanol–water partition coefficient (Wildman–Crippen LogP) is 2.33. The van der Waals surface area contributed by atoms with Gasteiger partial charge in [0.15, 0.2) is 6.29 Å². The van der Waals surface area contributed by atoms with E-state index >= 15 is 0 Å². The third-order valence-corrected chi connectivity index (χ3v) is 3.93. The van der Waals surface area contributed by atoms with E-state index in [2.05, 4.69) is 0 Å². The summed E-state index contributed by atoms with van der Waals surface area (Å²) in [6.45, 7) is 1.55. The molecule has 4 nitrogen and oxygen atoms in total. The van der Waals surface area contributed by atoms with E-state index in [-0.39, 0.29) is 11.6 Å². The van der Waals surface area contributed by atoms with Crippen molar-refractivity contribution in [1.82, 2.24) is 4.90 Å². The van der Waals surface area contributed by atoms with Crippen LogP contribution < -0.4 is 0 Å². The Hall–Kier alpha value is -1.53. The van der Waals surface area contributed by atoms with Crippen molar-refractivity contribution in [3.05, 3.63) is 35.4 Å². The van der Waals surface area contributed by atoms with Crippen LogP contribution in [0.5, 0.6) is 0 Å². The van der Waals surface area contributed by atoms with E-state index < -0.39 is 23.8 Å². The Balaban J connectivity index is 1.83. The first-order chi connectivity index (χ1) is 10.2. The Morgan fingerprint density at radius 1 is 1.19 bits per heavy atom. The molecular weight excluding hydrogens is 280 g/mol. The van der Waals surface area contributed by atoms with Gasteiger partial charge < -0.3 is 14.4 Å². The zero-order valence-electron chi connectivity index (χ0n) is 11.6. The van der Waals surface area contributed by atoms with Crippen molar-refractivity contribution in [1.29, 1.82) is 0 Å². The van der Waals surface area contributed by atoms with Crippen LogP contribution in [0.3, 0.4) is 0 Å². The van der Waals surface area contributed by atoms with Crippen molar-refractivity contribution in [2.45, 2.75) is 31.6 Å². The first-order valence-corrected chi connectivity index (χ1v) is 7.16. The van der Waals surface area contributed by atoms with Crippen molar-refractivity contribution in [2.24, 2.45) is 0 Å². The average Bonchev–Trinajstić information content (AvgIpc) is 3.01. The molecular formula is C15H17F2NO3. The highest BCUT2D eigenvalue weighted by molar-refractivity contribution is 5.94. The monoisotopic (exact) mass is 297 g/mol. The molecule has 6 heteroatoms. The standard InChI is InChI=1S/C15H17F2NO3/c16-10-4-5-11(12(17)9-10)14(19)18-6-2-1-3-13(18)15-20-7-8-21-15/h4-5,9,13,15H,1-3,6-8H2/t13-/m1/s1. The Morgan fingerprint density at radius 3 is 2.67 bits per heavy atom. The van der Waals surface area contributed by atoms with Crippen LogP contribution in [0.4, 0.5) is 8.78 Å². The Morgan fingerprint density at radius 2 is 1.95 bits per heavy atom. The lowest BCUT2D eigenvalue weighted by Gasteiger charge is -2.38. The highest BCUT2D eigenvalue weighted by Gasteiger charge is 2.37. The molecule has 3 rings (SSSR count). The lowest BCUT2D eigenvalue weighted by atomic mass is 10.00. The van der Waals surface area contributed by atoms with Crippen LogP contribution in [0.1, 0.15) is 29.6 Å². The zero-order chi connectivity index (χ0) is 14.8. The van der Waals surface area contributed by atoms with Crippen molar-refractivity contribution in [3.8, 4) is 0 Å². The van der Waals surface area contributed by atoms with E-state index in [1.807, 2.05) is 0 Å². The Bertz CT molecular complexity index is 532. The fourth-order valence-electron chi connectivity index (χ4n) is 2.91. The highest BCUT2D eigenvalue weighted by atomic mass is 19.1. The minimum Gasteiger partial charge on any atom is -0.348 e. The summed E-state index contributed by atoms with van der Waals surface area (Å²) in [6.07, 6.45) is 2.15. The quantitative estimate of drug-likeness (QED) is 0.841. The molecule has 0 aromatic heterocycles. The third-order valence-electron chi connectivity index (χ3n) is 3.93. The molecule has 0 aliphatic carbocycles. The maximum Gasteiger partial charge on any atom is 0.257 e. The molecule has 0 unspecified atom stereocenters. The van der Waals surface area contributed by atoms with Gasteiger partial charge in [0, 0.05) is 12.6 Å². The number of hydrogen-bond donors (Lipinski definition) is 0. The van der Waals surface area contributed by atoms with Crippen molar-refractivity contribution >= 4 is 5.91 Å². The summed E-state index contributed by atoms with van der Waals surface area (Å²) in [5.74, 6) is -1.96. The second kappa shape index (κ2) is 6.07. The molecule has 1 aromatic rings. The summed E-state index contributed by atoms with van der Waals surface area (Å²) in [5, 5.41) is 0. The van der Waals surface area contributed by atoms with Crippen LogP contribution >= 0.6 is 0 Å². The minimum absolute atomic E-state index is 0.110. The normalized spacial score (nSPS) is 23.5. The minimum atomic E-state index is -0.836. The molecule has 114 valence electrons. The number of nitrogens with zero attached hydrogens (tertiary/aromatic N) is 1. The summed E-state index contributed by atoms with van der Waals surface area (Å²) in [6, 6.07) is 2.81. The second-order valence-corrected chi connectivity index (χ2v) is 5.30. The first-order valence-electron chi connectivity index (χ1n) is 7.16. The van der Waals surface area contributed by atoms with Gasteiger partial charge in [-0.3, -0.25) is 4.79 Å². The molecule has 1 aromatic carbocycles. The number of ether oxygens (including phenoxy) is 2. The number of piperidine rings is 1. The van der Waals surface area contributed by atoms with Gasteiger partial charge in [0.2, 0.25) is 0 Å². The summed E-state index contributed by atoms with van der Waals surface area (Å²) in [4.78, 5) is 14.1. The molecule has 1 atom stereocenters. The molecule has 2 aliphatic heterocycles. The van der Waals surface area contributed by atoms with Crippen LogP contribution in [-0.2, 0) is 9.47 Å². The van der Waals surface area contributed by atoms with Gasteiger partial charge in [-0.15, -0.1) is 0 Å². The maximum atomic E-state index is 13.8. The van der Waals surface area contributed by atoms with Crippen molar-refractivity contribution < 1.29 is 23.0 Å². The maximum absolute atomic E-state index is 13.8. The summed E-state index contributed by atoms with van der Waals surface area (Å²) in [5.41, 5.74) is -0.110. The molecule has 21 heavy (non-hydrogen) atoms. The summed E-state index contributed by atoms with van der Waals surface area (Å²) >= 11 is 0. The van der Waals surface area contributed by atoms with E-state index in [0.717, 1.165) is 31.4 Å². The van der Waals surface area contributed by atoms with Gasteiger partial charge in [-0.2, -0.15) is 0 Å². The van der Waals surface area contributed by atoms with Crippen LogP contribution in [0.15, 0.2) is 18.2 Å². The van der Waals surface area contributed by atoms with Crippen molar-refractivity contribution in [2.75, 3.05) is 19.8 Å². The molecule has 0 radical (unpaired) electrons. The van der Waals surface area contributed by atoms with Crippen molar-refractivity contribution in [3.63, 3.8) is 0 Å². The van der Waals surface area contributed by atoms with Gasteiger partial charge in [0.1, 0.15) is 11.6 Å². The number of likely N-dealkylation sites (tertiary alicyclic amines) is 1. The molecule has 2 fully saturated rings. The number of hydrogen-bond acceptors (Lipinski definition) is 3. The predicted molar refractivity (Wildman–Crippen MR) is 70.7 cm³/mol. The summed E-state index contributed by atoms with van der Waals surface area (Å²) < 4.78 is 37.8. The molecule has 2 aliphatic rings. The van der Waals surface area contributed by atoms with Gasteiger partial charge >= 0.3 is 0 Å². The van der Waals surface area contributed by atoms with Crippen LogP contribution in [-0.4, -0.2) is 42.9 Å². The number of benzene rings is 1. The Kier molecular flexibility index (Phi) is 4.17. The van der Waals surface area contributed by atoms with Gasteiger partial charge in [-0.05, 0) is 31.4 Å². The SMILES string of the molecule is O=C(c1ccc(F)cc1F)N1CCCC[C@@H]1C1OCCO1. The highest BCUT2D eigenvalue weighted by Crippen LogP contribution is 2.26. The van der Waals surface area contributed by atoms with Gasteiger partial charge in [0.25, 0.3) is 5.91 Å². The van der Waals surface area contributed by atoms with Gasteiger partial charge in [0.05, 0.1) is 24.8 Å². The molecule has 0 saturated carbocycles. The second-order valence-electron chi connectivity index (χ2n) is 5.30. The number of carbonyl (C=O) groups excluding carboxylic acids is 1. The third kappa shape index (κ3) is 2.91. The zero-order valence-corrected chi connectivity index (χ0v) is 11.6. The van der Waals surface area contributed by atoms with Crippen LogP contribution in [0.25, 0.3) is 0 Å². The van der Waals surface area contributed by atoms with E-state index in [1.54, 1.807) is 4.90 Å². The topological polar surface area (TPSA) is 38.8 Å². The molecule has 0 N–H and O–H groups in total. The molecule has 2 heterocycles. The van der Waals surface area contributed by atoms with E-state index in [0.29, 0.717) is 19.8 Å². The lowest BCUT2D eigenvalue weighted by Crippen LogP contribution is -2.50. The lowest BCUT2D eigenvalue weighted by molar-refractivity contribution is -0.100. The number of rotatable bonds is 2. The van der Waals surface area contributed by atoms with Crippen LogP contribution in [0.2, 0.25) is 0 Å². The van der Waals surface area contributed by atoms with Gasteiger partial charge in [-0.25, -0.2) is 8.78 Å². The number of amides is 1. The van der Waals surface area contributed by atoms with E-state index in [1.165, 1.54) is 6.07 Å². The smallest absolute Gasteiger partial charge is 0.257 e. The fourth-order valence-corrected chi connectivity index (χ4v) is 2.91. The van der Waals surface area contributed by atoms with E-state index in [4.69, 9.17) is 9.47 Å². The molecule has 1 amide bonds. The first kappa shape index (κ1) is 14.4. The average molecular weight is 297 g/mol.